The van der Waals surface area contributed by atoms with E-state index in [1.165, 1.54) is 17.7 Å². The predicted molar refractivity (Wildman–Crippen MR) is 110 cm³/mol. The van der Waals surface area contributed by atoms with Gasteiger partial charge in [0.2, 0.25) is 0 Å². The summed E-state index contributed by atoms with van der Waals surface area (Å²) in [5, 5.41) is 3.23. The number of nitrogens with zero attached hydrogens (tertiary/aromatic N) is 2. The van der Waals surface area contributed by atoms with Crippen molar-refractivity contribution in [1.29, 1.82) is 0 Å². The van der Waals surface area contributed by atoms with Crippen molar-refractivity contribution in [3.63, 3.8) is 0 Å². The number of para-hydroxylation sites is 1. The molecule has 0 aliphatic rings. The summed E-state index contributed by atoms with van der Waals surface area (Å²) in [5.74, 6) is -0.0494. The molecule has 0 unspecified atom stereocenters. The lowest BCUT2D eigenvalue weighted by Gasteiger charge is -2.19. The van der Waals surface area contributed by atoms with E-state index in [1.54, 1.807) is 37.4 Å². The van der Waals surface area contributed by atoms with Gasteiger partial charge in [0.25, 0.3) is 5.56 Å². The van der Waals surface area contributed by atoms with Crippen LogP contribution in [0.15, 0.2) is 47.4 Å². The lowest BCUT2D eigenvalue weighted by molar-refractivity contribution is 0.408. The van der Waals surface area contributed by atoms with E-state index >= 15 is 0 Å². The summed E-state index contributed by atoms with van der Waals surface area (Å²) in [4.78, 5) is 17.7. The molecule has 28 heavy (non-hydrogen) atoms. The summed E-state index contributed by atoms with van der Waals surface area (Å²) in [7, 11) is 1.45. The Kier molecular flexibility index (Phi) is 5.49. The smallest absolute Gasteiger partial charge is 0.279 e. The topological polar surface area (TPSA) is 56.1 Å². The van der Waals surface area contributed by atoms with Crippen molar-refractivity contribution in [2.24, 2.45) is 0 Å². The Morgan fingerprint density at radius 1 is 1.14 bits per heavy atom. The first-order valence-electron chi connectivity index (χ1n) is 9.13. The minimum absolute atomic E-state index is 0.100. The molecule has 0 aliphatic heterocycles. The van der Waals surface area contributed by atoms with Gasteiger partial charge >= 0.3 is 0 Å². The zero-order valence-electron chi connectivity index (χ0n) is 16.7. The molecule has 0 saturated carbocycles. The number of aromatic nitrogens is 2. The number of anilines is 2. The number of ether oxygens (including phenoxy) is 1. The Morgan fingerprint density at radius 2 is 1.89 bits per heavy atom. The summed E-state index contributed by atoms with van der Waals surface area (Å²) < 4.78 is 21.2. The van der Waals surface area contributed by atoms with Crippen molar-refractivity contribution in [3.8, 4) is 11.4 Å². The Bertz CT molecular complexity index is 1070. The van der Waals surface area contributed by atoms with Crippen LogP contribution in [-0.2, 0) is 0 Å². The number of hydrogen-bond donors (Lipinski definition) is 1. The monoisotopic (exact) mass is 381 g/mol. The van der Waals surface area contributed by atoms with Crippen LogP contribution in [0.2, 0.25) is 0 Å². The van der Waals surface area contributed by atoms with Crippen LogP contribution in [-0.4, -0.2) is 16.7 Å². The van der Waals surface area contributed by atoms with Crippen LogP contribution in [0.25, 0.3) is 5.69 Å². The van der Waals surface area contributed by atoms with Crippen molar-refractivity contribution in [3.05, 3.63) is 75.7 Å². The van der Waals surface area contributed by atoms with Crippen LogP contribution in [0.3, 0.4) is 0 Å². The van der Waals surface area contributed by atoms with Crippen molar-refractivity contribution < 1.29 is 9.13 Å². The quantitative estimate of drug-likeness (QED) is 0.685. The second kappa shape index (κ2) is 7.84. The molecular formula is C22H24FN3O2. The third kappa shape index (κ3) is 3.50. The minimum Gasteiger partial charge on any atom is -0.494 e. The summed E-state index contributed by atoms with van der Waals surface area (Å²) in [6, 6.07) is 9.86. The van der Waals surface area contributed by atoms with E-state index in [0.29, 0.717) is 17.1 Å². The zero-order chi connectivity index (χ0) is 20.4. The molecule has 5 nitrogen and oxygen atoms in total. The van der Waals surface area contributed by atoms with Gasteiger partial charge in [-0.2, -0.15) is 0 Å². The first-order chi connectivity index (χ1) is 13.3. The molecule has 1 aromatic carbocycles. The molecule has 0 fully saturated rings. The van der Waals surface area contributed by atoms with Crippen molar-refractivity contribution in [2.45, 2.75) is 33.6 Å². The number of halogens is 1. The first kappa shape index (κ1) is 19.6. The van der Waals surface area contributed by atoms with E-state index < -0.39 is 5.82 Å². The van der Waals surface area contributed by atoms with Crippen LogP contribution in [0.4, 0.5) is 15.8 Å². The summed E-state index contributed by atoms with van der Waals surface area (Å²) in [5.41, 5.74) is 3.33. The average Bonchev–Trinajstić information content (AvgIpc) is 2.66. The average molecular weight is 381 g/mol. The SMILES string of the molecule is COc1cccc(F)c1-n1c(C)ccc(Nc2c(C)ccnc2C(C)C)c1=O. The largest absolute Gasteiger partial charge is 0.494 e. The van der Waals surface area contributed by atoms with E-state index in [-0.39, 0.29) is 17.2 Å². The molecule has 2 aromatic heterocycles. The first-order valence-corrected chi connectivity index (χ1v) is 9.13. The van der Waals surface area contributed by atoms with Crippen LogP contribution >= 0.6 is 0 Å². The third-order valence-corrected chi connectivity index (χ3v) is 4.67. The maximum absolute atomic E-state index is 14.6. The van der Waals surface area contributed by atoms with Crippen LogP contribution < -0.4 is 15.6 Å². The molecule has 0 amide bonds. The summed E-state index contributed by atoms with van der Waals surface area (Å²) >= 11 is 0. The molecular weight excluding hydrogens is 357 g/mol. The van der Waals surface area contributed by atoms with Gasteiger partial charge in [0.15, 0.2) is 5.82 Å². The molecule has 0 atom stereocenters. The molecule has 0 aliphatic carbocycles. The Hall–Kier alpha value is -3.15. The zero-order valence-corrected chi connectivity index (χ0v) is 16.7. The number of methoxy groups -OCH3 is 1. The van der Waals surface area contributed by atoms with Gasteiger partial charge in [-0.05, 0) is 55.7 Å². The third-order valence-electron chi connectivity index (χ3n) is 4.67. The fourth-order valence-electron chi connectivity index (χ4n) is 3.19. The maximum Gasteiger partial charge on any atom is 0.279 e. The maximum atomic E-state index is 14.6. The predicted octanol–water partition coefficient (Wildman–Crippen LogP) is 4.86. The molecule has 0 spiro atoms. The highest BCUT2D eigenvalue weighted by Crippen LogP contribution is 2.29. The van der Waals surface area contributed by atoms with Gasteiger partial charge < -0.3 is 10.1 Å². The molecule has 6 heteroatoms. The molecule has 0 bridgehead atoms. The second-order valence-electron chi connectivity index (χ2n) is 6.99. The van der Waals surface area contributed by atoms with Gasteiger partial charge in [-0.1, -0.05) is 19.9 Å². The number of hydrogen-bond acceptors (Lipinski definition) is 4. The van der Waals surface area contributed by atoms with Gasteiger partial charge in [-0.3, -0.25) is 14.3 Å². The van der Waals surface area contributed by atoms with E-state index in [9.17, 15) is 9.18 Å². The van der Waals surface area contributed by atoms with E-state index in [4.69, 9.17) is 4.74 Å². The second-order valence-corrected chi connectivity index (χ2v) is 6.99. The van der Waals surface area contributed by atoms with Crippen molar-refractivity contribution in [2.75, 3.05) is 12.4 Å². The summed E-state index contributed by atoms with van der Waals surface area (Å²) in [6.45, 7) is 7.81. The van der Waals surface area contributed by atoms with E-state index in [0.717, 1.165) is 16.9 Å². The van der Waals surface area contributed by atoms with Gasteiger partial charge in [-0.25, -0.2) is 4.39 Å². The van der Waals surface area contributed by atoms with Crippen LogP contribution in [0.5, 0.6) is 5.75 Å². The Labute approximate surface area is 163 Å². The summed E-state index contributed by atoms with van der Waals surface area (Å²) in [6.07, 6.45) is 1.76. The van der Waals surface area contributed by atoms with Crippen molar-refractivity contribution in [1.82, 2.24) is 9.55 Å². The Morgan fingerprint density at radius 3 is 2.57 bits per heavy atom. The van der Waals surface area contributed by atoms with Crippen molar-refractivity contribution >= 4 is 11.4 Å². The molecule has 3 aromatic rings. The minimum atomic E-state index is -0.526. The number of pyridine rings is 2. The molecule has 1 N–H and O–H groups in total. The normalized spacial score (nSPS) is 11.0. The number of rotatable bonds is 5. The molecule has 0 radical (unpaired) electrons. The number of nitrogens with one attached hydrogen (secondary N) is 1. The number of benzene rings is 1. The lowest BCUT2D eigenvalue weighted by atomic mass is 10.0. The van der Waals surface area contributed by atoms with Crippen LogP contribution in [0, 0.1) is 19.7 Å². The van der Waals surface area contributed by atoms with Gasteiger partial charge in [0.05, 0.1) is 18.5 Å². The standard InChI is InChI=1S/C22H24FN3O2/c1-13(2)19-20(14(3)11-12-24-19)25-17-10-9-15(4)26(22(17)27)21-16(23)7-6-8-18(21)28-5/h6-13,25H,1-5H3. The lowest BCUT2D eigenvalue weighted by Crippen LogP contribution is -2.24. The van der Waals surface area contributed by atoms with Gasteiger partial charge in [0.1, 0.15) is 17.1 Å². The highest BCUT2D eigenvalue weighted by atomic mass is 19.1. The van der Waals surface area contributed by atoms with E-state index in [1.807, 2.05) is 26.8 Å². The van der Waals surface area contributed by atoms with Gasteiger partial charge in [-0.15, -0.1) is 0 Å². The van der Waals surface area contributed by atoms with Gasteiger partial charge in [0, 0.05) is 11.9 Å². The highest BCUT2D eigenvalue weighted by molar-refractivity contribution is 5.66. The highest BCUT2D eigenvalue weighted by Gasteiger charge is 2.18. The molecule has 146 valence electrons. The fraction of sp³-hybridized carbons (Fsp3) is 0.273. The van der Waals surface area contributed by atoms with Crippen LogP contribution in [0.1, 0.15) is 36.7 Å². The molecule has 2 heterocycles. The number of aryl methyl sites for hydroxylation is 2. The van der Waals surface area contributed by atoms with E-state index in [2.05, 4.69) is 10.3 Å². The molecule has 3 rings (SSSR count). The molecule has 0 saturated heterocycles. The fourth-order valence-corrected chi connectivity index (χ4v) is 3.19. The Balaban J connectivity index is 2.19.